The Morgan fingerprint density at radius 1 is 1.11 bits per heavy atom. The largest absolute Gasteiger partial charge is 0.317 e. The molecular formula is C14H28N2O2S. The second-order valence-electron chi connectivity index (χ2n) is 6.35. The van der Waals surface area contributed by atoms with Gasteiger partial charge in [0.25, 0.3) is 0 Å². The molecule has 4 nitrogen and oxygen atoms in total. The van der Waals surface area contributed by atoms with Crippen LogP contribution < -0.4 is 10.0 Å². The Hall–Kier alpha value is -0.130. The molecule has 1 aliphatic carbocycles. The summed E-state index contributed by atoms with van der Waals surface area (Å²) in [5, 5.41) is 3.27. The van der Waals surface area contributed by atoms with Crippen LogP contribution in [0.4, 0.5) is 0 Å². The summed E-state index contributed by atoms with van der Waals surface area (Å²) in [5.41, 5.74) is 0. The first-order chi connectivity index (χ1) is 9.07. The van der Waals surface area contributed by atoms with Gasteiger partial charge in [0, 0.05) is 6.54 Å². The second-order valence-corrected chi connectivity index (χ2v) is 8.20. The molecule has 0 bridgehead atoms. The van der Waals surface area contributed by atoms with Crippen molar-refractivity contribution in [1.82, 2.24) is 10.0 Å². The zero-order valence-corrected chi connectivity index (χ0v) is 12.8. The Bertz CT molecular complexity index is 364. The molecule has 1 aliphatic heterocycles. The van der Waals surface area contributed by atoms with E-state index in [0.29, 0.717) is 30.1 Å². The van der Waals surface area contributed by atoms with E-state index in [0.717, 1.165) is 25.9 Å². The topological polar surface area (TPSA) is 58.2 Å². The first-order valence-corrected chi connectivity index (χ1v) is 9.40. The molecule has 0 aromatic carbocycles. The Labute approximate surface area is 117 Å². The van der Waals surface area contributed by atoms with Crippen LogP contribution in [0.2, 0.25) is 0 Å². The maximum Gasteiger partial charge on any atom is 0.211 e. The first kappa shape index (κ1) is 15.3. The van der Waals surface area contributed by atoms with Crippen LogP contribution in [0.15, 0.2) is 0 Å². The van der Waals surface area contributed by atoms with Crippen LogP contribution in [-0.4, -0.2) is 33.8 Å². The molecule has 1 saturated carbocycles. The summed E-state index contributed by atoms with van der Waals surface area (Å²) in [5.74, 6) is 1.85. The van der Waals surface area contributed by atoms with E-state index in [-0.39, 0.29) is 0 Å². The quantitative estimate of drug-likeness (QED) is 0.810. The average Bonchev–Trinajstić information content (AvgIpc) is 2.38. The van der Waals surface area contributed by atoms with E-state index in [4.69, 9.17) is 0 Å². The smallest absolute Gasteiger partial charge is 0.211 e. The van der Waals surface area contributed by atoms with Gasteiger partial charge in [0.15, 0.2) is 0 Å². The van der Waals surface area contributed by atoms with Gasteiger partial charge in [-0.1, -0.05) is 26.2 Å². The lowest BCUT2D eigenvalue weighted by molar-refractivity contribution is 0.257. The molecule has 0 aromatic rings. The lowest BCUT2D eigenvalue weighted by Gasteiger charge is -2.29. The number of piperidine rings is 1. The number of sulfonamides is 1. The van der Waals surface area contributed by atoms with Gasteiger partial charge in [0.2, 0.25) is 10.0 Å². The third-order valence-corrected chi connectivity index (χ3v) is 6.29. The highest BCUT2D eigenvalue weighted by molar-refractivity contribution is 7.89. The van der Waals surface area contributed by atoms with Crippen molar-refractivity contribution in [2.75, 3.05) is 25.4 Å². The molecule has 5 heteroatoms. The number of hydrogen-bond acceptors (Lipinski definition) is 3. The Kier molecular flexibility index (Phi) is 5.66. The highest BCUT2D eigenvalue weighted by Gasteiger charge is 2.25. The lowest BCUT2D eigenvalue weighted by Crippen LogP contribution is -2.38. The standard InChI is InChI=1S/C14H28N2O2S/c1-12-4-2-3-5-14(12)10-16-19(17,18)11-13-6-8-15-9-7-13/h12-16H,2-11H2,1H3. The Morgan fingerprint density at radius 3 is 2.47 bits per heavy atom. The van der Waals surface area contributed by atoms with Crippen molar-refractivity contribution in [2.45, 2.75) is 45.4 Å². The van der Waals surface area contributed by atoms with E-state index in [1.54, 1.807) is 0 Å². The average molecular weight is 288 g/mol. The van der Waals surface area contributed by atoms with Gasteiger partial charge >= 0.3 is 0 Å². The molecule has 19 heavy (non-hydrogen) atoms. The fourth-order valence-electron chi connectivity index (χ4n) is 3.35. The van der Waals surface area contributed by atoms with E-state index in [2.05, 4.69) is 17.0 Å². The summed E-state index contributed by atoms with van der Waals surface area (Å²) in [6.45, 7) is 4.82. The SMILES string of the molecule is CC1CCCCC1CNS(=O)(=O)CC1CCNCC1. The van der Waals surface area contributed by atoms with E-state index < -0.39 is 10.0 Å². The molecule has 1 saturated heterocycles. The van der Waals surface area contributed by atoms with Gasteiger partial charge in [-0.25, -0.2) is 13.1 Å². The van der Waals surface area contributed by atoms with Gasteiger partial charge in [0.1, 0.15) is 0 Å². The summed E-state index contributed by atoms with van der Waals surface area (Å²) in [6.07, 6.45) is 6.96. The fourth-order valence-corrected chi connectivity index (χ4v) is 4.89. The van der Waals surface area contributed by atoms with E-state index in [1.807, 2.05) is 0 Å². The molecule has 0 spiro atoms. The predicted octanol–water partition coefficient (Wildman–Crippen LogP) is 1.73. The molecule has 2 fully saturated rings. The minimum Gasteiger partial charge on any atom is -0.317 e. The van der Waals surface area contributed by atoms with Crippen molar-refractivity contribution in [3.05, 3.63) is 0 Å². The van der Waals surface area contributed by atoms with Crippen LogP contribution in [0.1, 0.15) is 45.4 Å². The third kappa shape index (κ3) is 5.04. The molecule has 2 aliphatic rings. The molecule has 0 aromatic heterocycles. The van der Waals surface area contributed by atoms with Gasteiger partial charge < -0.3 is 5.32 Å². The maximum absolute atomic E-state index is 12.1. The zero-order valence-electron chi connectivity index (χ0n) is 12.0. The Balaban J connectivity index is 1.76. The van der Waals surface area contributed by atoms with Crippen molar-refractivity contribution in [3.63, 3.8) is 0 Å². The molecule has 112 valence electrons. The molecule has 2 unspecified atom stereocenters. The van der Waals surface area contributed by atoms with Gasteiger partial charge in [-0.3, -0.25) is 0 Å². The van der Waals surface area contributed by atoms with Crippen molar-refractivity contribution in [1.29, 1.82) is 0 Å². The number of nitrogens with one attached hydrogen (secondary N) is 2. The Morgan fingerprint density at radius 2 is 1.79 bits per heavy atom. The van der Waals surface area contributed by atoms with Gasteiger partial charge in [-0.05, 0) is 50.1 Å². The zero-order chi connectivity index (χ0) is 13.7. The highest BCUT2D eigenvalue weighted by Crippen LogP contribution is 2.29. The van der Waals surface area contributed by atoms with E-state index in [1.165, 1.54) is 25.7 Å². The summed E-state index contributed by atoms with van der Waals surface area (Å²) in [7, 11) is -3.08. The van der Waals surface area contributed by atoms with Crippen LogP contribution >= 0.6 is 0 Å². The third-order valence-electron chi connectivity index (χ3n) is 4.77. The minimum atomic E-state index is -3.08. The second kappa shape index (κ2) is 7.04. The lowest BCUT2D eigenvalue weighted by atomic mass is 9.81. The summed E-state index contributed by atoms with van der Waals surface area (Å²) in [6, 6.07) is 0. The normalized spacial score (nSPS) is 30.4. The van der Waals surface area contributed by atoms with Gasteiger partial charge in [0.05, 0.1) is 5.75 Å². The molecule has 2 atom stereocenters. The van der Waals surface area contributed by atoms with E-state index in [9.17, 15) is 8.42 Å². The molecule has 0 radical (unpaired) electrons. The minimum absolute atomic E-state index is 0.315. The summed E-state index contributed by atoms with van der Waals surface area (Å²) < 4.78 is 27.1. The van der Waals surface area contributed by atoms with Crippen molar-refractivity contribution >= 4 is 10.0 Å². The fraction of sp³-hybridized carbons (Fsp3) is 1.00. The molecule has 2 N–H and O–H groups in total. The number of hydrogen-bond donors (Lipinski definition) is 2. The van der Waals surface area contributed by atoms with Gasteiger partial charge in [-0.15, -0.1) is 0 Å². The van der Waals surface area contributed by atoms with Crippen LogP contribution in [0.5, 0.6) is 0 Å². The first-order valence-electron chi connectivity index (χ1n) is 7.75. The van der Waals surface area contributed by atoms with Crippen molar-refractivity contribution in [2.24, 2.45) is 17.8 Å². The van der Waals surface area contributed by atoms with Crippen LogP contribution in [-0.2, 0) is 10.0 Å². The van der Waals surface area contributed by atoms with Crippen LogP contribution in [0, 0.1) is 17.8 Å². The molecule has 0 amide bonds. The van der Waals surface area contributed by atoms with Gasteiger partial charge in [-0.2, -0.15) is 0 Å². The number of rotatable bonds is 5. The van der Waals surface area contributed by atoms with Crippen LogP contribution in [0.3, 0.4) is 0 Å². The summed E-state index contributed by atoms with van der Waals surface area (Å²) in [4.78, 5) is 0. The van der Waals surface area contributed by atoms with Crippen molar-refractivity contribution in [3.8, 4) is 0 Å². The monoisotopic (exact) mass is 288 g/mol. The molecular weight excluding hydrogens is 260 g/mol. The van der Waals surface area contributed by atoms with E-state index >= 15 is 0 Å². The highest BCUT2D eigenvalue weighted by atomic mass is 32.2. The predicted molar refractivity (Wildman–Crippen MR) is 78.5 cm³/mol. The summed E-state index contributed by atoms with van der Waals surface area (Å²) >= 11 is 0. The van der Waals surface area contributed by atoms with Crippen LogP contribution in [0.25, 0.3) is 0 Å². The maximum atomic E-state index is 12.1. The molecule has 1 heterocycles. The molecule has 2 rings (SSSR count). The van der Waals surface area contributed by atoms with Crippen molar-refractivity contribution < 1.29 is 8.42 Å².